The second-order valence-corrected chi connectivity index (χ2v) is 5.59. The van der Waals surface area contributed by atoms with Crippen LogP contribution in [-0.4, -0.2) is 14.2 Å². The third-order valence-corrected chi connectivity index (χ3v) is 4.88. The largest absolute Gasteiger partial charge is 0.497 e. The van der Waals surface area contributed by atoms with Crippen molar-refractivity contribution in [2.24, 2.45) is 5.84 Å². The Kier molecular flexibility index (Phi) is 4.88. The van der Waals surface area contributed by atoms with Crippen molar-refractivity contribution in [3.8, 4) is 11.5 Å². The molecular weight excluding hydrogens is 296 g/mol. The number of hydrogen-bond acceptors (Lipinski definition) is 5. The zero-order valence-electron chi connectivity index (χ0n) is 11.6. The third-order valence-electron chi connectivity index (χ3n) is 3.10. The number of nitrogens with two attached hydrogens (primary N) is 1. The van der Waals surface area contributed by atoms with Crippen LogP contribution in [0.3, 0.4) is 0 Å². The van der Waals surface area contributed by atoms with E-state index in [1.807, 2.05) is 30.5 Å². The molecule has 1 aromatic carbocycles. The van der Waals surface area contributed by atoms with Crippen molar-refractivity contribution >= 4 is 22.9 Å². The van der Waals surface area contributed by atoms with Gasteiger partial charge in [0.05, 0.1) is 25.3 Å². The Labute approximate surface area is 127 Å². The van der Waals surface area contributed by atoms with E-state index in [4.69, 9.17) is 26.9 Å². The van der Waals surface area contributed by atoms with Crippen LogP contribution in [-0.2, 0) is 0 Å². The number of methoxy groups -OCH3 is 2. The fourth-order valence-electron chi connectivity index (χ4n) is 2.02. The van der Waals surface area contributed by atoms with Crippen molar-refractivity contribution < 1.29 is 9.47 Å². The molecule has 0 fully saturated rings. The van der Waals surface area contributed by atoms with Crippen LogP contribution in [0.4, 0.5) is 0 Å². The van der Waals surface area contributed by atoms with E-state index in [-0.39, 0.29) is 6.04 Å². The normalized spacial score (nSPS) is 12.2. The highest BCUT2D eigenvalue weighted by atomic mass is 35.5. The first-order valence-electron chi connectivity index (χ1n) is 6.03. The summed E-state index contributed by atoms with van der Waals surface area (Å²) in [5.74, 6) is 7.21. The summed E-state index contributed by atoms with van der Waals surface area (Å²) in [5, 5.41) is 2.73. The molecule has 4 nitrogen and oxygen atoms in total. The molecule has 0 bridgehead atoms. The maximum absolute atomic E-state index is 6.34. The second kappa shape index (κ2) is 6.45. The Hall–Kier alpha value is -1.27. The lowest BCUT2D eigenvalue weighted by atomic mass is 10.0. The van der Waals surface area contributed by atoms with E-state index < -0.39 is 0 Å². The van der Waals surface area contributed by atoms with Crippen molar-refractivity contribution in [2.45, 2.75) is 13.0 Å². The predicted octanol–water partition coefficient (Wildman–Crippen LogP) is 3.28. The molecule has 1 heterocycles. The molecule has 0 aliphatic rings. The van der Waals surface area contributed by atoms with Crippen LogP contribution in [0, 0.1) is 6.92 Å². The van der Waals surface area contributed by atoms with E-state index in [1.54, 1.807) is 25.6 Å². The number of aryl methyl sites for hydroxylation is 1. The van der Waals surface area contributed by atoms with E-state index in [9.17, 15) is 0 Å². The zero-order chi connectivity index (χ0) is 14.7. The van der Waals surface area contributed by atoms with Crippen molar-refractivity contribution in [3.63, 3.8) is 0 Å². The molecule has 20 heavy (non-hydrogen) atoms. The van der Waals surface area contributed by atoms with Crippen molar-refractivity contribution in [1.82, 2.24) is 5.43 Å². The summed E-state index contributed by atoms with van der Waals surface area (Å²) in [6, 6.07) is 5.35. The number of thiophene rings is 1. The summed E-state index contributed by atoms with van der Waals surface area (Å²) >= 11 is 7.91. The molecule has 0 saturated carbocycles. The Balaban J connectivity index is 2.53. The molecule has 2 rings (SSSR count). The fraction of sp³-hybridized carbons (Fsp3) is 0.286. The number of nitrogens with one attached hydrogen (secondary N) is 1. The summed E-state index contributed by atoms with van der Waals surface area (Å²) in [7, 11) is 3.25. The summed E-state index contributed by atoms with van der Waals surface area (Å²) < 4.78 is 10.7. The van der Waals surface area contributed by atoms with Gasteiger partial charge in [0, 0.05) is 10.4 Å². The number of ether oxygens (including phenoxy) is 2. The first-order chi connectivity index (χ1) is 9.62. The van der Waals surface area contributed by atoms with Gasteiger partial charge in [0.25, 0.3) is 0 Å². The minimum atomic E-state index is -0.244. The summed E-state index contributed by atoms with van der Waals surface area (Å²) in [5.41, 5.74) is 4.73. The van der Waals surface area contributed by atoms with Gasteiger partial charge in [0.2, 0.25) is 0 Å². The van der Waals surface area contributed by atoms with Gasteiger partial charge in [-0.05, 0) is 36.1 Å². The average Bonchev–Trinajstić information content (AvgIpc) is 2.80. The minimum absolute atomic E-state index is 0.244. The average molecular weight is 313 g/mol. The van der Waals surface area contributed by atoms with Crippen LogP contribution in [0.5, 0.6) is 11.5 Å². The van der Waals surface area contributed by atoms with Crippen LogP contribution in [0.15, 0.2) is 23.6 Å². The molecule has 3 N–H and O–H groups in total. The maximum Gasteiger partial charge on any atom is 0.124 e. The Morgan fingerprint density at radius 1 is 1.30 bits per heavy atom. The number of hydrogen-bond donors (Lipinski definition) is 2. The first kappa shape index (κ1) is 15.1. The smallest absolute Gasteiger partial charge is 0.124 e. The predicted molar refractivity (Wildman–Crippen MR) is 82.8 cm³/mol. The minimum Gasteiger partial charge on any atom is -0.497 e. The fourth-order valence-corrected chi connectivity index (χ4v) is 3.40. The van der Waals surface area contributed by atoms with Crippen LogP contribution < -0.4 is 20.7 Å². The highest BCUT2D eigenvalue weighted by molar-refractivity contribution is 7.10. The highest BCUT2D eigenvalue weighted by Crippen LogP contribution is 2.39. The van der Waals surface area contributed by atoms with Crippen molar-refractivity contribution in [1.29, 1.82) is 0 Å². The van der Waals surface area contributed by atoms with E-state index in [0.29, 0.717) is 0 Å². The molecule has 2 aromatic rings. The van der Waals surface area contributed by atoms with Gasteiger partial charge in [-0.1, -0.05) is 11.6 Å². The molecule has 0 saturated heterocycles. The quantitative estimate of drug-likeness (QED) is 0.657. The molecular formula is C14H17ClN2O2S. The lowest BCUT2D eigenvalue weighted by molar-refractivity contribution is 0.394. The summed E-state index contributed by atoms with van der Waals surface area (Å²) in [4.78, 5) is 0.957. The van der Waals surface area contributed by atoms with Crippen LogP contribution >= 0.6 is 22.9 Å². The molecule has 0 spiro atoms. The van der Waals surface area contributed by atoms with Gasteiger partial charge in [0.1, 0.15) is 11.5 Å². The number of halogens is 1. The standard InChI is InChI=1S/C14H17ClN2O2S/c1-8-7-20-14(12(8)15)13(17-16)10-6-9(18-2)4-5-11(10)19-3/h4-7,13,17H,16H2,1-3H3. The van der Waals surface area contributed by atoms with Crippen molar-refractivity contribution in [3.05, 3.63) is 44.6 Å². The van der Waals surface area contributed by atoms with Gasteiger partial charge in [-0.3, -0.25) is 5.84 Å². The molecule has 6 heteroatoms. The molecule has 0 aliphatic carbocycles. The lowest BCUT2D eigenvalue weighted by Gasteiger charge is -2.19. The van der Waals surface area contributed by atoms with Gasteiger partial charge in [-0.25, -0.2) is 5.43 Å². The topological polar surface area (TPSA) is 56.5 Å². The number of rotatable bonds is 5. The number of benzene rings is 1. The zero-order valence-corrected chi connectivity index (χ0v) is 13.1. The Morgan fingerprint density at radius 2 is 2.05 bits per heavy atom. The Bertz CT molecular complexity index is 601. The highest BCUT2D eigenvalue weighted by Gasteiger charge is 2.22. The molecule has 0 amide bonds. The SMILES string of the molecule is COc1ccc(OC)c(C(NN)c2scc(C)c2Cl)c1. The lowest BCUT2D eigenvalue weighted by Crippen LogP contribution is -2.28. The van der Waals surface area contributed by atoms with Gasteiger partial charge in [-0.2, -0.15) is 0 Å². The van der Waals surface area contributed by atoms with Crippen LogP contribution in [0.1, 0.15) is 22.0 Å². The molecule has 1 unspecified atom stereocenters. The molecule has 0 aliphatic heterocycles. The van der Waals surface area contributed by atoms with Crippen LogP contribution in [0.2, 0.25) is 5.02 Å². The van der Waals surface area contributed by atoms with Gasteiger partial charge in [0.15, 0.2) is 0 Å². The first-order valence-corrected chi connectivity index (χ1v) is 7.29. The van der Waals surface area contributed by atoms with Gasteiger partial charge >= 0.3 is 0 Å². The summed E-state index contributed by atoms with van der Waals surface area (Å²) in [6.45, 7) is 1.97. The molecule has 1 aromatic heterocycles. The third kappa shape index (κ3) is 2.76. The van der Waals surface area contributed by atoms with E-state index >= 15 is 0 Å². The van der Waals surface area contributed by atoms with Gasteiger partial charge in [-0.15, -0.1) is 11.3 Å². The van der Waals surface area contributed by atoms with E-state index in [2.05, 4.69) is 5.43 Å². The summed E-state index contributed by atoms with van der Waals surface area (Å²) in [6.07, 6.45) is 0. The Morgan fingerprint density at radius 3 is 2.55 bits per heavy atom. The van der Waals surface area contributed by atoms with Crippen LogP contribution in [0.25, 0.3) is 0 Å². The maximum atomic E-state index is 6.34. The number of hydrazine groups is 1. The second-order valence-electron chi connectivity index (χ2n) is 4.30. The van der Waals surface area contributed by atoms with E-state index in [1.165, 1.54) is 0 Å². The van der Waals surface area contributed by atoms with Gasteiger partial charge < -0.3 is 9.47 Å². The molecule has 108 valence electrons. The molecule has 0 radical (unpaired) electrons. The monoisotopic (exact) mass is 312 g/mol. The molecule has 1 atom stereocenters. The van der Waals surface area contributed by atoms with E-state index in [0.717, 1.165) is 32.5 Å². The van der Waals surface area contributed by atoms with Crippen molar-refractivity contribution in [2.75, 3.05) is 14.2 Å².